The number of carbonyl (C=O) groups is 1. The predicted octanol–water partition coefficient (Wildman–Crippen LogP) is 1.09. The van der Waals surface area contributed by atoms with Crippen LogP contribution < -0.4 is 11.0 Å². The number of unbranched alkanes of at least 4 members (excludes halogenated alkanes) is 1. The zero-order valence-electron chi connectivity index (χ0n) is 14.4. The van der Waals surface area contributed by atoms with E-state index in [1.54, 1.807) is 11.6 Å². The molecule has 0 saturated carbocycles. The van der Waals surface area contributed by atoms with Crippen LogP contribution in [0.15, 0.2) is 10.9 Å². The summed E-state index contributed by atoms with van der Waals surface area (Å²) in [5, 5.41) is 11.6. The molecule has 0 spiro atoms. The molecule has 0 bridgehead atoms. The molecular formula is C16H24N6O2. The summed E-state index contributed by atoms with van der Waals surface area (Å²) < 4.78 is 4.79. The number of rotatable bonds is 5. The molecule has 1 aliphatic rings. The highest BCUT2D eigenvalue weighted by molar-refractivity contribution is 5.91. The Kier molecular flexibility index (Phi) is 4.55. The van der Waals surface area contributed by atoms with E-state index in [-0.39, 0.29) is 17.5 Å². The van der Waals surface area contributed by atoms with Gasteiger partial charge in [-0.05, 0) is 19.8 Å². The smallest absolute Gasteiger partial charge is 0.311 e. The van der Waals surface area contributed by atoms with Gasteiger partial charge < -0.3 is 5.32 Å². The van der Waals surface area contributed by atoms with Crippen LogP contribution in [0.25, 0.3) is 0 Å². The SMILES string of the molecule is CCCCn1nc(C)cc1NC(=O)C1CCc2nn(C)c(=O)n2C1. The molecule has 1 aliphatic heterocycles. The van der Waals surface area contributed by atoms with Gasteiger partial charge in [-0.15, -0.1) is 0 Å². The number of aryl methyl sites for hydroxylation is 4. The number of carbonyl (C=O) groups excluding carboxylic acids is 1. The lowest BCUT2D eigenvalue weighted by Crippen LogP contribution is -2.36. The van der Waals surface area contributed by atoms with E-state index < -0.39 is 0 Å². The lowest BCUT2D eigenvalue weighted by atomic mass is 9.98. The molecular weight excluding hydrogens is 308 g/mol. The van der Waals surface area contributed by atoms with Gasteiger partial charge in [-0.25, -0.2) is 14.2 Å². The van der Waals surface area contributed by atoms with Gasteiger partial charge in [0.1, 0.15) is 11.6 Å². The highest BCUT2D eigenvalue weighted by Gasteiger charge is 2.28. The third kappa shape index (κ3) is 3.13. The summed E-state index contributed by atoms with van der Waals surface area (Å²) in [6.07, 6.45) is 3.43. The monoisotopic (exact) mass is 332 g/mol. The second-order valence-corrected chi connectivity index (χ2v) is 6.41. The Hall–Kier alpha value is -2.38. The first kappa shape index (κ1) is 16.5. The average Bonchev–Trinajstić information content (AvgIpc) is 3.05. The maximum absolute atomic E-state index is 12.6. The van der Waals surface area contributed by atoms with Crippen molar-refractivity contribution in [3.8, 4) is 0 Å². The number of aromatic nitrogens is 5. The first-order chi connectivity index (χ1) is 11.5. The highest BCUT2D eigenvalue weighted by Crippen LogP contribution is 2.20. The first-order valence-electron chi connectivity index (χ1n) is 8.47. The Balaban J connectivity index is 1.72. The van der Waals surface area contributed by atoms with E-state index in [2.05, 4.69) is 22.4 Å². The number of nitrogens with one attached hydrogen (secondary N) is 1. The van der Waals surface area contributed by atoms with E-state index in [9.17, 15) is 9.59 Å². The van der Waals surface area contributed by atoms with Crippen LogP contribution in [-0.2, 0) is 31.4 Å². The summed E-state index contributed by atoms with van der Waals surface area (Å²) in [7, 11) is 1.64. The van der Waals surface area contributed by atoms with Crippen LogP contribution in [0.4, 0.5) is 5.82 Å². The number of anilines is 1. The van der Waals surface area contributed by atoms with Crippen LogP contribution in [0.2, 0.25) is 0 Å². The van der Waals surface area contributed by atoms with Crippen molar-refractivity contribution in [1.82, 2.24) is 24.1 Å². The number of amides is 1. The molecule has 3 rings (SSSR count). The summed E-state index contributed by atoms with van der Waals surface area (Å²) in [5.74, 6) is 1.20. The summed E-state index contributed by atoms with van der Waals surface area (Å²) >= 11 is 0. The molecule has 0 aromatic carbocycles. The molecule has 130 valence electrons. The molecule has 3 heterocycles. The van der Waals surface area contributed by atoms with E-state index in [0.29, 0.717) is 19.4 Å². The van der Waals surface area contributed by atoms with E-state index in [4.69, 9.17) is 0 Å². The molecule has 0 fully saturated rings. The second kappa shape index (κ2) is 6.62. The Bertz CT molecular complexity index is 800. The standard InChI is InChI=1S/C16H24N6O2/c1-4-5-8-22-14(9-11(2)18-22)17-15(23)12-6-7-13-19-20(3)16(24)21(13)10-12/h9,12H,4-8,10H2,1-3H3,(H,17,23). The zero-order chi connectivity index (χ0) is 17.3. The minimum atomic E-state index is -0.228. The number of hydrogen-bond donors (Lipinski definition) is 1. The van der Waals surface area contributed by atoms with Gasteiger partial charge in [-0.2, -0.15) is 10.2 Å². The number of hydrogen-bond acceptors (Lipinski definition) is 4. The van der Waals surface area contributed by atoms with Crippen molar-refractivity contribution in [2.24, 2.45) is 13.0 Å². The third-order valence-electron chi connectivity index (χ3n) is 4.45. The topological polar surface area (TPSA) is 86.7 Å². The fraction of sp³-hybridized carbons (Fsp3) is 0.625. The normalized spacial score (nSPS) is 16.9. The van der Waals surface area contributed by atoms with Crippen LogP contribution >= 0.6 is 0 Å². The Morgan fingerprint density at radius 2 is 2.21 bits per heavy atom. The molecule has 0 saturated heterocycles. The van der Waals surface area contributed by atoms with Gasteiger partial charge in [0.05, 0.1) is 11.6 Å². The van der Waals surface area contributed by atoms with E-state index in [0.717, 1.165) is 36.7 Å². The Morgan fingerprint density at radius 3 is 2.96 bits per heavy atom. The second-order valence-electron chi connectivity index (χ2n) is 6.41. The van der Waals surface area contributed by atoms with Gasteiger partial charge in [-0.1, -0.05) is 13.3 Å². The average molecular weight is 332 g/mol. The Morgan fingerprint density at radius 1 is 1.42 bits per heavy atom. The molecule has 1 unspecified atom stereocenters. The van der Waals surface area contributed by atoms with Gasteiger partial charge in [-0.3, -0.25) is 9.36 Å². The van der Waals surface area contributed by atoms with Gasteiger partial charge in [0.25, 0.3) is 0 Å². The lowest BCUT2D eigenvalue weighted by molar-refractivity contribution is -0.120. The maximum atomic E-state index is 12.6. The van der Waals surface area contributed by atoms with Crippen molar-refractivity contribution in [2.75, 3.05) is 5.32 Å². The molecule has 2 aromatic heterocycles. The van der Waals surface area contributed by atoms with Crippen molar-refractivity contribution in [1.29, 1.82) is 0 Å². The molecule has 1 N–H and O–H groups in total. The summed E-state index contributed by atoms with van der Waals surface area (Å²) in [4.78, 5) is 24.7. The largest absolute Gasteiger partial charge is 0.345 e. The molecule has 1 amide bonds. The minimum Gasteiger partial charge on any atom is -0.311 e. The Labute approximate surface area is 140 Å². The summed E-state index contributed by atoms with van der Waals surface area (Å²) in [5.41, 5.74) is 0.724. The van der Waals surface area contributed by atoms with Crippen molar-refractivity contribution < 1.29 is 4.79 Å². The van der Waals surface area contributed by atoms with Gasteiger partial charge in [0, 0.05) is 32.6 Å². The van der Waals surface area contributed by atoms with Gasteiger partial charge in [0.2, 0.25) is 5.91 Å². The van der Waals surface area contributed by atoms with Crippen LogP contribution in [-0.4, -0.2) is 30.0 Å². The molecule has 0 aliphatic carbocycles. The highest BCUT2D eigenvalue weighted by atomic mass is 16.2. The van der Waals surface area contributed by atoms with Crippen molar-refractivity contribution in [3.05, 3.63) is 28.1 Å². The summed E-state index contributed by atoms with van der Waals surface area (Å²) in [6, 6.07) is 1.89. The first-order valence-corrected chi connectivity index (χ1v) is 8.47. The molecule has 1 atom stereocenters. The molecule has 8 heteroatoms. The fourth-order valence-corrected chi connectivity index (χ4v) is 3.11. The van der Waals surface area contributed by atoms with Gasteiger partial charge >= 0.3 is 5.69 Å². The predicted molar refractivity (Wildman–Crippen MR) is 89.8 cm³/mol. The summed E-state index contributed by atoms with van der Waals surface area (Å²) in [6.45, 7) is 5.22. The van der Waals surface area contributed by atoms with Crippen LogP contribution in [0.5, 0.6) is 0 Å². The lowest BCUT2D eigenvalue weighted by Gasteiger charge is -2.21. The van der Waals surface area contributed by atoms with Gasteiger partial charge in [0.15, 0.2) is 0 Å². The van der Waals surface area contributed by atoms with Crippen LogP contribution in [0, 0.1) is 12.8 Å². The molecule has 0 radical (unpaired) electrons. The molecule has 2 aromatic rings. The maximum Gasteiger partial charge on any atom is 0.345 e. The molecule has 8 nitrogen and oxygen atoms in total. The van der Waals surface area contributed by atoms with E-state index in [1.165, 1.54) is 4.68 Å². The van der Waals surface area contributed by atoms with Crippen molar-refractivity contribution in [2.45, 2.75) is 52.6 Å². The molecule has 24 heavy (non-hydrogen) atoms. The van der Waals surface area contributed by atoms with Crippen molar-refractivity contribution in [3.63, 3.8) is 0 Å². The van der Waals surface area contributed by atoms with Crippen molar-refractivity contribution >= 4 is 11.7 Å². The fourth-order valence-electron chi connectivity index (χ4n) is 3.11. The van der Waals surface area contributed by atoms with E-state index >= 15 is 0 Å². The minimum absolute atomic E-state index is 0.0611. The zero-order valence-corrected chi connectivity index (χ0v) is 14.4. The number of nitrogens with zero attached hydrogens (tertiary/aromatic N) is 5. The van der Waals surface area contributed by atoms with Crippen LogP contribution in [0.1, 0.15) is 37.7 Å². The number of fused-ring (bicyclic) bond motifs is 1. The van der Waals surface area contributed by atoms with E-state index in [1.807, 2.05) is 17.7 Å². The quantitative estimate of drug-likeness (QED) is 0.888. The van der Waals surface area contributed by atoms with Crippen LogP contribution in [0.3, 0.4) is 0 Å². The third-order valence-corrected chi connectivity index (χ3v) is 4.45.